The third-order valence-electron chi connectivity index (χ3n) is 6.06. The first-order valence-electron chi connectivity index (χ1n) is 11.7. The lowest BCUT2D eigenvalue weighted by Crippen LogP contribution is -2.35. The SMILES string of the molecule is CC(C)c1noc(-c2cccnc2N2CCCN(C(=O)c3ccc(C(C)(C)C)cc3)CC2)n1. The summed E-state index contributed by atoms with van der Waals surface area (Å²) in [4.78, 5) is 26.5. The lowest BCUT2D eigenvalue weighted by atomic mass is 9.86. The molecule has 4 rings (SSSR count). The Morgan fingerprint density at radius 1 is 1.03 bits per heavy atom. The number of hydrogen-bond acceptors (Lipinski definition) is 6. The molecule has 7 heteroatoms. The number of carbonyl (C=O) groups is 1. The van der Waals surface area contributed by atoms with Gasteiger partial charge >= 0.3 is 0 Å². The second kappa shape index (κ2) is 9.33. The van der Waals surface area contributed by atoms with Crippen LogP contribution < -0.4 is 4.90 Å². The standard InChI is InChI=1S/C26H33N5O2/c1-18(2)22-28-24(33-29-22)21-8-6-13-27-23(21)30-14-7-15-31(17-16-30)25(32)19-9-11-20(12-10-19)26(3,4)5/h6,8-13,18H,7,14-17H2,1-5H3. The van der Waals surface area contributed by atoms with Crippen LogP contribution in [0.5, 0.6) is 0 Å². The van der Waals surface area contributed by atoms with Crippen LogP contribution >= 0.6 is 0 Å². The molecule has 33 heavy (non-hydrogen) atoms. The van der Waals surface area contributed by atoms with Crippen molar-refractivity contribution in [1.82, 2.24) is 20.0 Å². The average molecular weight is 448 g/mol. The molecule has 1 aliphatic rings. The third kappa shape index (κ3) is 5.07. The molecule has 0 spiro atoms. The van der Waals surface area contributed by atoms with Gasteiger partial charge in [0, 0.05) is 43.9 Å². The molecule has 1 saturated heterocycles. The summed E-state index contributed by atoms with van der Waals surface area (Å²) in [5, 5.41) is 4.10. The summed E-state index contributed by atoms with van der Waals surface area (Å²) in [6.07, 6.45) is 2.64. The van der Waals surface area contributed by atoms with Gasteiger partial charge < -0.3 is 14.3 Å². The molecule has 1 amide bonds. The Balaban J connectivity index is 1.49. The average Bonchev–Trinajstić information content (AvgIpc) is 3.17. The second-order valence-electron chi connectivity index (χ2n) is 9.95. The molecule has 3 aromatic rings. The van der Waals surface area contributed by atoms with Crippen molar-refractivity contribution >= 4 is 11.7 Å². The molecule has 7 nitrogen and oxygen atoms in total. The van der Waals surface area contributed by atoms with Gasteiger partial charge in [-0.25, -0.2) is 4.98 Å². The maximum atomic E-state index is 13.2. The Hall–Kier alpha value is -3.22. The first-order chi connectivity index (χ1) is 15.7. The number of anilines is 1. The Labute approximate surface area is 195 Å². The predicted molar refractivity (Wildman–Crippen MR) is 129 cm³/mol. The van der Waals surface area contributed by atoms with Crippen LogP contribution in [0.1, 0.15) is 68.7 Å². The molecule has 0 N–H and O–H groups in total. The van der Waals surface area contributed by atoms with E-state index in [4.69, 9.17) is 4.52 Å². The quantitative estimate of drug-likeness (QED) is 0.566. The Morgan fingerprint density at radius 2 is 1.79 bits per heavy atom. The highest BCUT2D eigenvalue weighted by molar-refractivity contribution is 5.94. The predicted octanol–water partition coefficient (Wildman–Crippen LogP) is 4.91. The van der Waals surface area contributed by atoms with Crippen LogP contribution in [0.2, 0.25) is 0 Å². The molecular formula is C26H33N5O2. The van der Waals surface area contributed by atoms with Gasteiger partial charge in [0.25, 0.3) is 11.8 Å². The molecule has 0 saturated carbocycles. The summed E-state index contributed by atoms with van der Waals surface area (Å²) < 4.78 is 5.53. The summed E-state index contributed by atoms with van der Waals surface area (Å²) in [5.41, 5.74) is 2.86. The van der Waals surface area contributed by atoms with Gasteiger partial charge in [-0.05, 0) is 41.7 Å². The highest BCUT2D eigenvalue weighted by atomic mass is 16.5. The van der Waals surface area contributed by atoms with Gasteiger partial charge in [-0.2, -0.15) is 4.98 Å². The van der Waals surface area contributed by atoms with Crippen LogP contribution in [-0.2, 0) is 5.41 Å². The van der Waals surface area contributed by atoms with E-state index in [0.29, 0.717) is 24.8 Å². The molecule has 0 unspecified atom stereocenters. The zero-order valence-corrected chi connectivity index (χ0v) is 20.2. The van der Waals surface area contributed by atoms with Gasteiger partial charge in [0.05, 0.1) is 5.56 Å². The Kier molecular flexibility index (Phi) is 6.49. The minimum Gasteiger partial charge on any atom is -0.354 e. The monoisotopic (exact) mass is 447 g/mol. The van der Waals surface area contributed by atoms with Gasteiger partial charge in [0.1, 0.15) is 5.82 Å². The molecular weight excluding hydrogens is 414 g/mol. The lowest BCUT2D eigenvalue weighted by molar-refractivity contribution is 0.0767. The van der Waals surface area contributed by atoms with Gasteiger partial charge in [0.15, 0.2) is 5.82 Å². The summed E-state index contributed by atoms with van der Waals surface area (Å²) in [5.74, 6) is 2.26. The van der Waals surface area contributed by atoms with Crippen LogP contribution in [0, 0.1) is 0 Å². The normalized spacial score (nSPS) is 15.1. The van der Waals surface area contributed by atoms with Gasteiger partial charge in [-0.15, -0.1) is 0 Å². The van der Waals surface area contributed by atoms with E-state index in [1.807, 2.05) is 43.0 Å². The van der Waals surface area contributed by atoms with Crippen LogP contribution in [0.3, 0.4) is 0 Å². The van der Waals surface area contributed by atoms with E-state index in [-0.39, 0.29) is 17.2 Å². The fourth-order valence-corrected chi connectivity index (χ4v) is 4.02. The van der Waals surface area contributed by atoms with Crippen LogP contribution in [0.4, 0.5) is 5.82 Å². The molecule has 0 bridgehead atoms. The topological polar surface area (TPSA) is 75.4 Å². The van der Waals surface area contributed by atoms with Gasteiger partial charge in [-0.3, -0.25) is 4.79 Å². The summed E-state index contributed by atoms with van der Waals surface area (Å²) in [7, 11) is 0. The van der Waals surface area contributed by atoms with Crippen molar-refractivity contribution < 1.29 is 9.32 Å². The molecule has 1 fully saturated rings. The fourth-order valence-electron chi connectivity index (χ4n) is 4.02. The second-order valence-corrected chi connectivity index (χ2v) is 9.95. The van der Waals surface area contributed by atoms with Crippen molar-refractivity contribution in [2.45, 2.75) is 52.4 Å². The molecule has 0 radical (unpaired) electrons. The highest BCUT2D eigenvalue weighted by Gasteiger charge is 2.24. The third-order valence-corrected chi connectivity index (χ3v) is 6.06. The zero-order valence-electron chi connectivity index (χ0n) is 20.2. The lowest BCUT2D eigenvalue weighted by Gasteiger charge is -2.24. The van der Waals surface area contributed by atoms with Gasteiger partial charge in [-0.1, -0.05) is 51.9 Å². The van der Waals surface area contributed by atoms with Crippen molar-refractivity contribution in [2.75, 3.05) is 31.1 Å². The van der Waals surface area contributed by atoms with E-state index in [0.717, 1.165) is 36.5 Å². The van der Waals surface area contributed by atoms with Crippen molar-refractivity contribution in [2.24, 2.45) is 0 Å². The first kappa shape index (κ1) is 23.0. The van der Waals surface area contributed by atoms with Crippen LogP contribution in [0.25, 0.3) is 11.5 Å². The molecule has 174 valence electrons. The number of amides is 1. The van der Waals surface area contributed by atoms with E-state index in [2.05, 4.69) is 52.9 Å². The van der Waals surface area contributed by atoms with Crippen molar-refractivity contribution in [1.29, 1.82) is 0 Å². The van der Waals surface area contributed by atoms with E-state index in [1.54, 1.807) is 6.20 Å². The fraction of sp³-hybridized carbons (Fsp3) is 0.462. The van der Waals surface area contributed by atoms with E-state index in [1.165, 1.54) is 5.56 Å². The Morgan fingerprint density at radius 3 is 2.45 bits per heavy atom. The number of rotatable bonds is 4. The molecule has 1 aromatic carbocycles. The molecule has 0 aliphatic carbocycles. The maximum absolute atomic E-state index is 13.2. The van der Waals surface area contributed by atoms with Crippen LogP contribution in [0.15, 0.2) is 47.1 Å². The van der Waals surface area contributed by atoms with E-state index >= 15 is 0 Å². The molecule has 1 aliphatic heterocycles. The highest BCUT2D eigenvalue weighted by Crippen LogP contribution is 2.29. The number of nitrogens with zero attached hydrogens (tertiary/aromatic N) is 5. The minimum atomic E-state index is 0.0688. The summed E-state index contributed by atoms with van der Waals surface area (Å²) in [6, 6.07) is 11.9. The van der Waals surface area contributed by atoms with Crippen LogP contribution in [-0.4, -0.2) is 52.1 Å². The zero-order chi connectivity index (χ0) is 23.6. The first-order valence-corrected chi connectivity index (χ1v) is 11.7. The minimum absolute atomic E-state index is 0.0688. The van der Waals surface area contributed by atoms with E-state index in [9.17, 15) is 4.79 Å². The number of hydrogen-bond donors (Lipinski definition) is 0. The molecule has 0 atom stereocenters. The van der Waals surface area contributed by atoms with Gasteiger partial charge in [0.2, 0.25) is 0 Å². The number of aromatic nitrogens is 3. The van der Waals surface area contributed by atoms with Crippen molar-refractivity contribution in [3.05, 3.63) is 59.5 Å². The number of carbonyl (C=O) groups excluding carboxylic acids is 1. The smallest absolute Gasteiger partial charge is 0.261 e. The van der Waals surface area contributed by atoms with Crippen molar-refractivity contribution in [3.8, 4) is 11.5 Å². The number of benzene rings is 1. The Bertz CT molecular complexity index is 1100. The maximum Gasteiger partial charge on any atom is 0.261 e. The summed E-state index contributed by atoms with van der Waals surface area (Å²) >= 11 is 0. The summed E-state index contributed by atoms with van der Waals surface area (Å²) in [6.45, 7) is 13.5. The molecule has 2 aromatic heterocycles. The van der Waals surface area contributed by atoms with E-state index < -0.39 is 0 Å². The number of pyridine rings is 1. The largest absolute Gasteiger partial charge is 0.354 e. The van der Waals surface area contributed by atoms with Crippen molar-refractivity contribution in [3.63, 3.8) is 0 Å². The molecule has 3 heterocycles.